The first-order valence-electron chi connectivity index (χ1n) is 9.65. The fourth-order valence-electron chi connectivity index (χ4n) is 4.19. The van der Waals surface area contributed by atoms with Crippen LogP contribution < -0.4 is 10.7 Å². The average Bonchev–Trinajstić information content (AvgIpc) is 3.43. The summed E-state index contributed by atoms with van der Waals surface area (Å²) in [5.41, 5.74) is 1.97. The highest BCUT2D eigenvalue weighted by Crippen LogP contribution is 2.42. The largest absolute Gasteiger partial charge is 0.503 e. The van der Waals surface area contributed by atoms with Crippen LogP contribution in [0.1, 0.15) is 41.7 Å². The van der Waals surface area contributed by atoms with Crippen LogP contribution in [0.4, 0.5) is 0 Å². The van der Waals surface area contributed by atoms with Gasteiger partial charge in [-0.1, -0.05) is 37.1 Å². The molecule has 0 aliphatic heterocycles. The SMILES string of the molecule is CNC(=O)c1nn(CC2(c3ccc(-c4ccn[nH]4)cc3)CCCC2)cc(O)c1=O. The average molecular weight is 393 g/mol. The first kappa shape index (κ1) is 18.9. The predicted molar refractivity (Wildman–Crippen MR) is 108 cm³/mol. The Labute approximate surface area is 167 Å². The summed E-state index contributed by atoms with van der Waals surface area (Å²) in [7, 11) is 1.43. The number of nitrogens with one attached hydrogen (secondary N) is 2. The number of hydrogen-bond donors (Lipinski definition) is 3. The Bertz CT molecular complexity index is 1060. The minimum Gasteiger partial charge on any atom is -0.503 e. The molecule has 0 spiro atoms. The van der Waals surface area contributed by atoms with Gasteiger partial charge in [-0.2, -0.15) is 10.2 Å². The van der Waals surface area contributed by atoms with Gasteiger partial charge in [-0.05, 0) is 30.0 Å². The number of aromatic hydroxyl groups is 1. The molecule has 29 heavy (non-hydrogen) atoms. The molecular weight excluding hydrogens is 370 g/mol. The maximum absolute atomic E-state index is 12.1. The molecule has 2 aromatic heterocycles. The van der Waals surface area contributed by atoms with Crippen LogP contribution in [-0.4, -0.2) is 38.0 Å². The Kier molecular flexibility index (Phi) is 4.92. The van der Waals surface area contributed by atoms with E-state index in [0.29, 0.717) is 6.54 Å². The number of carbonyl (C=O) groups is 1. The highest BCUT2D eigenvalue weighted by atomic mass is 16.3. The van der Waals surface area contributed by atoms with Crippen molar-refractivity contribution in [3.8, 4) is 17.0 Å². The van der Waals surface area contributed by atoms with Gasteiger partial charge in [0.2, 0.25) is 0 Å². The second-order valence-electron chi connectivity index (χ2n) is 7.50. The third kappa shape index (κ3) is 3.53. The highest BCUT2D eigenvalue weighted by molar-refractivity contribution is 5.92. The van der Waals surface area contributed by atoms with Crippen LogP contribution in [0.25, 0.3) is 11.3 Å². The van der Waals surface area contributed by atoms with Crippen molar-refractivity contribution >= 4 is 5.91 Å². The second-order valence-corrected chi connectivity index (χ2v) is 7.50. The number of rotatable bonds is 5. The lowest BCUT2D eigenvalue weighted by molar-refractivity contribution is 0.0953. The Morgan fingerprint density at radius 1 is 1.24 bits per heavy atom. The normalized spacial score (nSPS) is 15.3. The van der Waals surface area contributed by atoms with Crippen LogP contribution in [0.3, 0.4) is 0 Å². The van der Waals surface area contributed by atoms with Gasteiger partial charge in [0.05, 0.1) is 18.4 Å². The summed E-state index contributed by atoms with van der Waals surface area (Å²) in [5, 5.41) is 23.6. The summed E-state index contributed by atoms with van der Waals surface area (Å²) in [5.74, 6) is -1.08. The number of aromatic nitrogens is 4. The van der Waals surface area contributed by atoms with E-state index in [1.165, 1.54) is 23.5 Å². The van der Waals surface area contributed by atoms with Gasteiger partial charge in [0.15, 0.2) is 11.4 Å². The number of H-pyrrole nitrogens is 1. The maximum atomic E-state index is 12.1. The van der Waals surface area contributed by atoms with E-state index in [0.717, 1.165) is 36.9 Å². The molecule has 1 fully saturated rings. The first-order chi connectivity index (χ1) is 14.0. The highest BCUT2D eigenvalue weighted by Gasteiger charge is 2.36. The van der Waals surface area contributed by atoms with Gasteiger partial charge in [0.25, 0.3) is 11.3 Å². The Hall–Kier alpha value is -3.42. The fraction of sp³-hybridized carbons (Fsp3) is 0.333. The van der Waals surface area contributed by atoms with E-state index in [1.54, 1.807) is 6.20 Å². The molecular formula is C21H23N5O3. The zero-order valence-electron chi connectivity index (χ0n) is 16.2. The zero-order valence-corrected chi connectivity index (χ0v) is 16.2. The molecule has 1 aliphatic carbocycles. The molecule has 0 radical (unpaired) electrons. The minimum absolute atomic E-state index is 0.166. The van der Waals surface area contributed by atoms with Gasteiger partial charge in [-0.3, -0.25) is 19.4 Å². The maximum Gasteiger partial charge on any atom is 0.275 e. The van der Waals surface area contributed by atoms with Crippen LogP contribution >= 0.6 is 0 Å². The van der Waals surface area contributed by atoms with Crippen LogP contribution in [0.15, 0.2) is 47.5 Å². The third-order valence-corrected chi connectivity index (χ3v) is 5.72. The smallest absolute Gasteiger partial charge is 0.275 e. The van der Waals surface area contributed by atoms with Crippen LogP contribution in [-0.2, 0) is 12.0 Å². The van der Waals surface area contributed by atoms with Gasteiger partial charge in [0.1, 0.15) is 0 Å². The fourth-order valence-corrected chi connectivity index (χ4v) is 4.19. The third-order valence-electron chi connectivity index (χ3n) is 5.72. The molecule has 1 aliphatic rings. The van der Waals surface area contributed by atoms with E-state index in [-0.39, 0.29) is 11.1 Å². The molecule has 2 heterocycles. The quantitative estimate of drug-likeness (QED) is 0.615. The number of benzene rings is 1. The monoisotopic (exact) mass is 393 g/mol. The number of aromatic amines is 1. The number of amides is 1. The van der Waals surface area contributed by atoms with Crippen molar-refractivity contribution in [2.75, 3.05) is 7.05 Å². The number of carbonyl (C=O) groups excluding carboxylic acids is 1. The summed E-state index contributed by atoms with van der Waals surface area (Å²) in [6.45, 7) is 0.480. The van der Waals surface area contributed by atoms with E-state index < -0.39 is 17.1 Å². The van der Waals surface area contributed by atoms with Crippen molar-refractivity contribution in [2.24, 2.45) is 0 Å². The Balaban J connectivity index is 1.69. The van der Waals surface area contributed by atoms with Crippen molar-refractivity contribution in [1.29, 1.82) is 0 Å². The summed E-state index contributed by atoms with van der Waals surface area (Å²) >= 11 is 0. The molecule has 1 amide bonds. The molecule has 8 heteroatoms. The van der Waals surface area contributed by atoms with Gasteiger partial charge in [-0.25, -0.2) is 0 Å². The molecule has 0 bridgehead atoms. The summed E-state index contributed by atoms with van der Waals surface area (Å²) < 4.78 is 1.52. The zero-order chi connectivity index (χ0) is 20.4. The van der Waals surface area contributed by atoms with Crippen LogP contribution in [0, 0.1) is 0 Å². The lowest BCUT2D eigenvalue weighted by Crippen LogP contribution is -2.33. The van der Waals surface area contributed by atoms with E-state index >= 15 is 0 Å². The molecule has 3 aromatic rings. The molecule has 0 atom stereocenters. The molecule has 1 aromatic carbocycles. The van der Waals surface area contributed by atoms with E-state index in [9.17, 15) is 14.7 Å². The minimum atomic E-state index is -0.759. The second kappa shape index (κ2) is 7.54. The van der Waals surface area contributed by atoms with Gasteiger partial charge >= 0.3 is 0 Å². The van der Waals surface area contributed by atoms with Crippen LogP contribution in [0.2, 0.25) is 0 Å². The van der Waals surface area contributed by atoms with Gasteiger partial charge in [0, 0.05) is 18.7 Å². The lowest BCUT2D eigenvalue weighted by Gasteiger charge is -2.30. The summed E-state index contributed by atoms with van der Waals surface area (Å²) in [6, 6.07) is 10.3. The number of hydrogen-bond acceptors (Lipinski definition) is 5. The Morgan fingerprint density at radius 2 is 1.97 bits per heavy atom. The van der Waals surface area contributed by atoms with Crippen molar-refractivity contribution in [3.05, 3.63) is 64.2 Å². The summed E-state index contributed by atoms with van der Waals surface area (Å²) in [4.78, 5) is 24.0. The van der Waals surface area contributed by atoms with E-state index in [2.05, 4.69) is 44.9 Å². The molecule has 4 rings (SSSR count). The molecule has 1 saturated carbocycles. The van der Waals surface area contributed by atoms with Crippen molar-refractivity contribution < 1.29 is 9.90 Å². The van der Waals surface area contributed by atoms with Crippen molar-refractivity contribution in [2.45, 2.75) is 37.6 Å². The van der Waals surface area contributed by atoms with Gasteiger partial charge < -0.3 is 10.4 Å². The van der Waals surface area contributed by atoms with Gasteiger partial charge in [-0.15, -0.1) is 0 Å². The standard InChI is InChI=1S/C21H23N5O3/c1-22-20(29)18-19(28)17(27)12-26(25-18)13-21(9-2-3-10-21)15-6-4-14(5-7-15)16-8-11-23-24-16/h4-8,11-12,27H,2-3,9-10,13H2,1H3,(H,22,29)(H,23,24). The molecule has 3 N–H and O–H groups in total. The molecule has 8 nitrogen and oxygen atoms in total. The Morgan fingerprint density at radius 3 is 2.59 bits per heavy atom. The molecule has 150 valence electrons. The van der Waals surface area contributed by atoms with Crippen LogP contribution in [0.5, 0.6) is 5.75 Å². The summed E-state index contributed by atoms with van der Waals surface area (Å²) in [6.07, 6.45) is 7.17. The molecule has 0 unspecified atom stereocenters. The first-order valence-corrected chi connectivity index (χ1v) is 9.65. The topological polar surface area (TPSA) is 113 Å². The van der Waals surface area contributed by atoms with Crippen molar-refractivity contribution in [1.82, 2.24) is 25.3 Å². The van der Waals surface area contributed by atoms with E-state index in [1.807, 2.05) is 6.07 Å². The van der Waals surface area contributed by atoms with E-state index in [4.69, 9.17) is 0 Å². The predicted octanol–water partition coefficient (Wildman–Crippen LogP) is 2.21. The van der Waals surface area contributed by atoms with Crippen molar-refractivity contribution in [3.63, 3.8) is 0 Å². The lowest BCUT2D eigenvalue weighted by atomic mass is 9.78. The molecule has 0 saturated heterocycles. The number of nitrogens with zero attached hydrogens (tertiary/aromatic N) is 3.